The fraction of sp³-hybridized carbons (Fsp3) is 0.786. The van der Waals surface area contributed by atoms with Gasteiger partial charge in [0.25, 0.3) is 0 Å². The van der Waals surface area contributed by atoms with Crippen molar-refractivity contribution in [2.45, 2.75) is 44.6 Å². The van der Waals surface area contributed by atoms with E-state index in [-0.39, 0.29) is 0 Å². The second kappa shape index (κ2) is 5.41. The van der Waals surface area contributed by atoms with Gasteiger partial charge < -0.3 is 16.0 Å². The predicted molar refractivity (Wildman–Crippen MR) is 80.4 cm³/mol. The van der Waals surface area contributed by atoms with Crippen LogP contribution in [0.15, 0.2) is 0 Å². The van der Waals surface area contributed by atoms with E-state index in [0.29, 0.717) is 5.54 Å². The highest BCUT2D eigenvalue weighted by Crippen LogP contribution is 2.36. The van der Waals surface area contributed by atoms with E-state index >= 15 is 0 Å². The number of hydrogen-bond acceptors (Lipinski definition) is 4. The van der Waals surface area contributed by atoms with Crippen LogP contribution in [0.3, 0.4) is 0 Å². The van der Waals surface area contributed by atoms with Gasteiger partial charge in [-0.15, -0.1) is 0 Å². The highest BCUT2D eigenvalue weighted by molar-refractivity contribution is 5.65. The van der Waals surface area contributed by atoms with Gasteiger partial charge in [-0.05, 0) is 39.8 Å². The van der Waals surface area contributed by atoms with Gasteiger partial charge in [-0.1, -0.05) is 13.3 Å². The molecule has 0 radical (unpaired) electrons. The molecule has 0 amide bonds. The van der Waals surface area contributed by atoms with Crippen LogP contribution in [0.2, 0.25) is 0 Å². The van der Waals surface area contributed by atoms with Crippen molar-refractivity contribution in [2.24, 2.45) is 7.05 Å². The summed E-state index contributed by atoms with van der Waals surface area (Å²) in [4.78, 5) is 2.34. The lowest BCUT2D eigenvalue weighted by atomic mass is 9.75. The van der Waals surface area contributed by atoms with E-state index in [0.717, 1.165) is 36.6 Å². The minimum absolute atomic E-state index is 0.293. The van der Waals surface area contributed by atoms with Crippen molar-refractivity contribution in [3.8, 4) is 0 Å². The summed E-state index contributed by atoms with van der Waals surface area (Å²) in [6.07, 6.45) is 5.85. The van der Waals surface area contributed by atoms with E-state index < -0.39 is 0 Å². The van der Waals surface area contributed by atoms with Gasteiger partial charge in [0, 0.05) is 19.1 Å². The van der Waals surface area contributed by atoms with Crippen LogP contribution in [0.5, 0.6) is 0 Å². The first-order chi connectivity index (χ1) is 9.00. The number of nitrogens with two attached hydrogens (primary N) is 1. The first-order valence-electron chi connectivity index (χ1n) is 7.23. The van der Waals surface area contributed by atoms with Crippen molar-refractivity contribution in [3.05, 3.63) is 5.69 Å². The molecule has 0 aromatic carbocycles. The first-order valence-corrected chi connectivity index (χ1v) is 7.23. The van der Waals surface area contributed by atoms with Crippen LogP contribution in [0, 0.1) is 0 Å². The summed E-state index contributed by atoms with van der Waals surface area (Å²) in [7, 11) is 6.28. The largest absolute Gasteiger partial charge is 0.394 e. The minimum atomic E-state index is 0.293. The van der Waals surface area contributed by atoms with Gasteiger partial charge in [-0.2, -0.15) is 5.10 Å². The molecular weight excluding hydrogens is 238 g/mol. The topological polar surface area (TPSA) is 59.1 Å². The Balaban J connectivity index is 2.07. The molecule has 0 atom stereocenters. The molecule has 1 aliphatic rings. The molecule has 1 saturated carbocycles. The SMILES string of the molecule is CCCc1nn(C)c(NCC2(N(C)C)CCC2)c1N. The molecule has 5 nitrogen and oxygen atoms in total. The van der Waals surface area contributed by atoms with Gasteiger partial charge >= 0.3 is 0 Å². The lowest BCUT2D eigenvalue weighted by Gasteiger charge is -2.47. The zero-order chi connectivity index (χ0) is 14.0. The zero-order valence-electron chi connectivity index (χ0n) is 12.7. The summed E-state index contributed by atoms with van der Waals surface area (Å²) < 4.78 is 1.88. The van der Waals surface area contributed by atoms with Crippen molar-refractivity contribution < 1.29 is 0 Å². The normalized spacial score (nSPS) is 17.5. The van der Waals surface area contributed by atoms with E-state index in [4.69, 9.17) is 5.73 Å². The van der Waals surface area contributed by atoms with Gasteiger partial charge in [0.2, 0.25) is 0 Å². The molecule has 3 N–H and O–H groups in total. The number of likely N-dealkylation sites (N-methyl/N-ethyl adjacent to an activating group) is 1. The van der Waals surface area contributed by atoms with Gasteiger partial charge in [0.1, 0.15) is 5.82 Å². The van der Waals surface area contributed by atoms with Crippen LogP contribution in [0.25, 0.3) is 0 Å². The molecule has 5 heteroatoms. The Morgan fingerprint density at radius 3 is 2.58 bits per heavy atom. The van der Waals surface area contributed by atoms with Crippen LogP contribution in [-0.2, 0) is 13.5 Å². The predicted octanol–water partition coefficient (Wildman–Crippen LogP) is 1.85. The number of hydrogen-bond donors (Lipinski definition) is 2. The van der Waals surface area contributed by atoms with Gasteiger partial charge in [0.05, 0.1) is 11.4 Å². The van der Waals surface area contributed by atoms with E-state index in [1.807, 2.05) is 11.7 Å². The number of nitrogen functional groups attached to an aromatic ring is 1. The van der Waals surface area contributed by atoms with Gasteiger partial charge in [-0.25, -0.2) is 0 Å². The Labute approximate surface area is 116 Å². The second-order valence-electron chi connectivity index (χ2n) is 5.91. The van der Waals surface area contributed by atoms with Crippen molar-refractivity contribution in [3.63, 3.8) is 0 Å². The summed E-state index contributed by atoms with van der Waals surface area (Å²) in [5.41, 5.74) is 8.32. The Morgan fingerprint density at radius 1 is 1.42 bits per heavy atom. The Hall–Kier alpha value is -1.23. The molecule has 0 saturated heterocycles. The number of aryl methyl sites for hydroxylation is 2. The third kappa shape index (κ3) is 2.56. The van der Waals surface area contributed by atoms with E-state index in [9.17, 15) is 0 Å². The third-order valence-corrected chi connectivity index (χ3v) is 4.46. The Bertz CT molecular complexity index is 431. The first kappa shape index (κ1) is 14.2. The zero-order valence-corrected chi connectivity index (χ0v) is 12.7. The standard InChI is InChI=1S/C14H27N5/c1-5-7-11-12(15)13(19(4)17-11)16-10-14(18(2)3)8-6-9-14/h16H,5-10,15H2,1-4H3. The minimum Gasteiger partial charge on any atom is -0.394 e. The number of aromatic nitrogens is 2. The maximum absolute atomic E-state index is 6.20. The maximum Gasteiger partial charge on any atom is 0.147 e. The van der Waals surface area contributed by atoms with Gasteiger partial charge in [0.15, 0.2) is 0 Å². The molecule has 108 valence electrons. The lowest BCUT2D eigenvalue weighted by Crippen LogP contribution is -2.54. The van der Waals surface area contributed by atoms with Gasteiger partial charge in [-0.3, -0.25) is 4.68 Å². The fourth-order valence-electron chi connectivity index (χ4n) is 2.84. The highest BCUT2D eigenvalue weighted by Gasteiger charge is 2.39. The van der Waals surface area contributed by atoms with E-state index in [1.54, 1.807) is 0 Å². The molecule has 1 heterocycles. The average Bonchev–Trinajstić information content (AvgIpc) is 2.55. The molecule has 0 aliphatic heterocycles. The van der Waals surface area contributed by atoms with Crippen molar-refractivity contribution in [1.29, 1.82) is 0 Å². The molecule has 19 heavy (non-hydrogen) atoms. The smallest absolute Gasteiger partial charge is 0.147 e. The van der Waals surface area contributed by atoms with Crippen LogP contribution in [0.4, 0.5) is 11.5 Å². The molecule has 0 spiro atoms. The molecule has 2 rings (SSSR count). The molecule has 1 fully saturated rings. The number of nitrogens with one attached hydrogen (secondary N) is 1. The van der Waals surface area contributed by atoms with Crippen LogP contribution < -0.4 is 11.1 Å². The quantitative estimate of drug-likeness (QED) is 0.824. The molecule has 1 aromatic heterocycles. The summed E-state index contributed by atoms with van der Waals surface area (Å²) in [5.74, 6) is 0.969. The number of anilines is 2. The monoisotopic (exact) mass is 265 g/mol. The third-order valence-electron chi connectivity index (χ3n) is 4.46. The molecule has 1 aromatic rings. The maximum atomic E-state index is 6.20. The summed E-state index contributed by atoms with van der Waals surface area (Å²) >= 11 is 0. The van der Waals surface area contributed by atoms with Crippen molar-refractivity contribution in [2.75, 3.05) is 31.7 Å². The summed E-state index contributed by atoms with van der Waals surface area (Å²) in [5, 5.41) is 8.02. The fourth-order valence-corrected chi connectivity index (χ4v) is 2.84. The highest BCUT2D eigenvalue weighted by atomic mass is 15.3. The molecule has 0 unspecified atom stereocenters. The Morgan fingerprint density at radius 2 is 2.11 bits per heavy atom. The van der Waals surface area contributed by atoms with Crippen LogP contribution >= 0.6 is 0 Å². The molecule has 1 aliphatic carbocycles. The van der Waals surface area contributed by atoms with Crippen molar-refractivity contribution in [1.82, 2.24) is 14.7 Å². The second-order valence-corrected chi connectivity index (χ2v) is 5.91. The summed E-state index contributed by atoms with van der Waals surface area (Å²) in [6, 6.07) is 0. The van der Waals surface area contributed by atoms with E-state index in [2.05, 4.69) is 36.3 Å². The average molecular weight is 265 g/mol. The van der Waals surface area contributed by atoms with Crippen molar-refractivity contribution >= 4 is 11.5 Å². The Kier molecular flexibility index (Phi) is 4.04. The van der Waals surface area contributed by atoms with Crippen LogP contribution in [-0.4, -0.2) is 40.9 Å². The summed E-state index contributed by atoms with van der Waals surface area (Å²) in [6.45, 7) is 3.09. The van der Waals surface area contributed by atoms with Crippen LogP contribution in [0.1, 0.15) is 38.3 Å². The lowest BCUT2D eigenvalue weighted by molar-refractivity contribution is 0.0738. The van der Waals surface area contributed by atoms with E-state index in [1.165, 1.54) is 19.3 Å². The number of nitrogens with zero attached hydrogens (tertiary/aromatic N) is 3. The molecule has 0 bridgehead atoms. The molecular formula is C14H27N5. The number of rotatable bonds is 6.